The largest absolute Gasteiger partial charge is 0.490 e. The van der Waals surface area contributed by atoms with E-state index in [1.165, 1.54) is 12.1 Å². The van der Waals surface area contributed by atoms with Gasteiger partial charge in [0.15, 0.2) is 0 Å². The average molecular weight is 497 g/mol. The maximum absolute atomic E-state index is 12.6. The number of nitrogens with one attached hydrogen (secondary N) is 1. The molecule has 2 aromatic carbocycles. The molecule has 0 fully saturated rings. The van der Waals surface area contributed by atoms with E-state index in [0.29, 0.717) is 17.8 Å². The van der Waals surface area contributed by atoms with Crippen molar-refractivity contribution in [3.05, 3.63) is 71.1 Å². The van der Waals surface area contributed by atoms with Crippen molar-refractivity contribution in [1.29, 1.82) is 5.26 Å². The first kappa shape index (κ1) is 28.2. The Morgan fingerprint density at radius 3 is 2.03 bits per heavy atom. The molecule has 182 valence electrons. The Kier molecular flexibility index (Phi) is 9.39. The Bertz CT molecular complexity index is 1180. The highest BCUT2D eigenvalue weighted by atomic mass is 32.2. The number of allylic oxidation sites excluding steroid dienone is 1. The first-order valence-corrected chi connectivity index (χ1v) is 11.0. The van der Waals surface area contributed by atoms with Gasteiger partial charge in [0.05, 0.1) is 16.4 Å². The number of carbonyl (C=O) groups is 2. The number of benzene rings is 2. The van der Waals surface area contributed by atoms with Crippen LogP contribution in [0.1, 0.15) is 25.0 Å². The molecule has 0 spiro atoms. The molecule has 2 rings (SSSR count). The van der Waals surface area contributed by atoms with Crippen molar-refractivity contribution in [2.75, 3.05) is 5.73 Å². The number of carbonyl (C=O) groups excluding carboxylic acids is 1. The molecule has 0 saturated carbocycles. The van der Waals surface area contributed by atoms with Crippen LogP contribution in [0.25, 0.3) is 0 Å². The Morgan fingerprint density at radius 2 is 1.59 bits per heavy atom. The van der Waals surface area contributed by atoms with Gasteiger partial charge in [-0.2, -0.15) is 18.4 Å². The van der Waals surface area contributed by atoms with Crippen LogP contribution < -0.4 is 11.1 Å². The highest BCUT2D eigenvalue weighted by molar-refractivity contribution is 7.94. The van der Waals surface area contributed by atoms with Gasteiger partial charge in [0, 0.05) is 23.7 Å². The fraction of sp³-hybridized carbons (Fsp3) is 0.227. The number of anilines is 1. The molecule has 0 aliphatic rings. The van der Waals surface area contributed by atoms with Crippen LogP contribution in [-0.2, 0) is 31.4 Å². The van der Waals surface area contributed by atoms with Crippen LogP contribution >= 0.6 is 0 Å². The summed E-state index contributed by atoms with van der Waals surface area (Å²) in [5.41, 5.74) is 7.07. The minimum atomic E-state index is -5.08. The summed E-state index contributed by atoms with van der Waals surface area (Å²) in [5.74, 6) is -2.94. The van der Waals surface area contributed by atoms with E-state index < -0.39 is 27.4 Å². The molecular formula is C22H22F3N3O5S. The summed E-state index contributed by atoms with van der Waals surface area (Å²) in [6.45, 7) is 3.91. The number of rotatable bonds is 6. The third-order valence-electron chi connectivity index (χ3n) is 4.47. The van der Waals surface area contributed by atoms with Gasteiger partial charge in [-0.15, -0.1) is 0 Å². The molecule has 0 atom stereocenters. The quantitative estimate of drug-likeness (QED) is 0.409. The summed E-state index contributed by atoms with van der Waals surface area (Å²) in [6.07, 6.45) is -4.17. The molecule has 2 aromatic rings. The van der Waals surface area contributed by atoms with Crippen molar-refractivity contribution >= 4 is 27.4 Å². The number of nitriles is 1. The van der Waals surface area contributed by atoms with Crippen molar-refractivity contribution in [3.8, 4) is 6.07 Å². The summed E-state index contributed by atoms with van der Waals surface area (Å²) >= 11 is 0. The second-order valence-electron chi connectivity index (χ2n) is 7.35. The summed E-state index contributed by atoms with van der Waals surface area (Å²) in [4.78, 5) is 21.6. The molecular weight excluding hydrogens is 475 g/mol. The van der Waals surface area contributed by atoms with E-state index in [4.69, 9.17) is 20.9 Å². The number of halogens is 3. The van der Waals surface area contributed by atoms with Gasteiger partial charge in [-0.05, 0) is 49.2 Å². The topological polar surface area (TPSA) is 150 Å². The lowest BCUT2D eigenvalue weighted by molar-refractivity contribution is -0.192. The molecule has 4 N–H and O–H groups in total. The molecule has 1 amide bonds. The maximum atomic E-state index is 12.6. The van der Waals surface area contributed by atoms with Gasteiger partial charge < -0.3 is 16.2 Å². The van der Waals surface area contributed by atoms with Gasteiger partial charge in [-0.3, -0.25) is 4.79 Å². The second-order valence-corrected chi connectivity index (χ2v) is 9.19. The van der Waals surface area contributed by atoms with Crippen LogP contribution in [0, 0.1) is 11.3 Å². The number of alkyl halides is 3. The Labute approximate surface area is 194 Å². The predicted octanol–water partition coefficient (Wildman–Crippen LogP) is 3.31. The highest BCUT2D eigenvalue weighted by Gasteiger charge is 2.38. The molecule has 34 heavy (non-hydrogen) atoms. The SMILES string of the molecule is CC(C)(C(=O)NCc1ccc(N)cc1)c1ccc(S(=O)(=O)C=CC#N)cc1.O=C(O)C(F)(F)F. The number of nitrogens with two attached hydrogens (primary N) is 1. The van der Waals surface area contributed by atoms with E-state index in [1.807, 2.05) is 12.1 Å². The van der Waals surface area contributed by atoms with E-state index >= 15 is 0 Å². The van der Waals surface area contributed by atoms with Crippen LogP contribution in [0.3, 0.4) is 0 Å². The van der Waals surface area contributed by atoms with E-state index in [9.17, 15) is 26.4 Å². The first-order chi connectivity index (χ1) is 15.6. The molecule has 0 saturated heterocycles. The predicted molar refractivity (Wildman–Crippen MR) is 118 cm³/mol. The van der Waals surface area contributed by atoms with E-state index in [0.717, 1.165) is 17.0 Å². The smallest absolute Gasteiger partial charge is 0.475 e. The zero-order chi connectivity index (χ0) is 26.2. The van der Waals surface area contributed by atoms with Gasteiger partial charge in [-0.25, -0.2) is 13.2 Å². The molecule has 0 aliphatic carbocycles. The van der Waals surface area contributed by atoms with Gasteiger partial charge in [0.1, 0.15) is 0 Å². The van der Waals surface area contributed by atoms with Crippen molar-refractivity contribution < 1.29 is 36.3 Å². The molecule has 0 aromatic heterocycles. The number of sulfone groups is 1. The van der Waals surface area contributed by atoms with Crippen LogP contribution in [0.4, 0.5) is 18.9 Å². The summed E-state index contributed by atoms with van der Waals surface area (Å²) in [7, 11) is -3.67. The third kappa shape index (κ3) is 8.25. The molecule has 12 heteroatoms. The Balaban J connectivity index is 0.000000718. The van der Waals surface area contributed by atoms with Crippen LogP contribution in [0.5, 0.6) is 0 Å². The zero-order valence-electron chi connectivity index (χ0n) is 18.1. The highest BCUT2D eigenvalue weighted by Crippen LogP contribution is 2.25. The molecule has 0 unspecified atom stereocenters. The summed E-state index contributed by atoms with van der Waals surface area (Å²) in [6, 6.07) is 15.0. The van der Waals surface area contributed by atoms with Gasteiger partial charge >= 0.3 is 12.1 Å². The second kappa shape index (κ2) is 11.3. The zero-order valence-corrected chi connectivity index (χ0v) is 18.9. The molecule has 0 radical (unpaired) electrons. The minimum absolute atomic E-state index is 0.0656. The maximum Gasteiger partial charge on any atom is 0.490 e. The third-order valence-corrected chi connectivity index (χ3v) is 5.89. The Hall–Kier alpha value is -3.85. The summed E-state index contributed by atoms with van der Waals surface area (Å²) in [5, 5.41) is 19.3. The fourth-order valence-corrected chi connectivity index (χ4v) is 3.34. The van der Waals surface area contributed by atoms with Crippen LogP contribution in [-0.4, -0.2) is 31.6 Å². The number of hydrogen-bond acceptors (Lipinski definition) is 6. The monoisotopic (exact) mass is 497 g/mol. The Morgan fingerprint density at radius 1 is 1.09 bits per heavy atom. The fourth-order valence-electron chi connectivity index (χ4n) is 2.43. The lowest BCUT2D eigenvalue weighted by Gasteiger charge is -2.24. The number of nitrogens with zero attached hydrogens (tertiary/aromatic N) is 1. The van der Waals surface area contributed by atoms with Crippen molar-refractivity contribution in [3.63, 3.8) is 0 Å². The lowest BCUT2D eigenvalue weighted by atomic mass is 9.83. The molecule has 0 heterocycles. The lowest BCUT2D eigenvalue weighted by Crippen LogP contribution is -2.39. The average Bonchev–Trinajstić information content (AvgIpc) is 2.77. The van der Waals surface area contributed by atoms with E-state index in [1.54, 1.807) is 44.2 Å². The van der Waals surface area contributed by atoms with Gasteiger partial charge in [0.25, 0.3) is 0 Å². The number of carboxylic acid groups (broad SMARTS) is 1. The molecule has 8 nitrogen and oxygen atoms in total. The van der Waals surface area contributed by atoms with E-state index in [-0.39, 0.29) is 10.8 Å². The van der Waals surface area contributed by atoms with Crippen LogP contribution in [0.2, 0.25) is 0 Å². The number of hydrogen-bond donors (Lipinski definition) is 3. The molecule has 0 bridgehead atoms. The van der Waals surface area contributed by atoms with E-state index in [2.05, 4.69) is 5.32 Å². The van der Waals surface area contributed by atoms with Crippen molar-refractivity contribution in [1.82, 2.24) is 5.32 Å². The standard InChI is InChI=1S/C20H21N3O3S.C2HF3O2/c1-20(2,19(24)23-14-15-4-8-17(22)9-5-15)16-6-10-18(11-7-16)27(25,26)13-3-12-21;3-2(4,5)1(6)7/h3-11,13H,14,22H2,1-2H3,(H,23,24);(H,6,7). The minimum Gasteiger partial charge on any atom is -0.475 e. The number of aliphatic carboxylic acids is 1. The number of amides is 1. The summed E-state index contributed by atoms with van der Waals surface area (Å²) < 4.78 is 55.8. The van der Waals surface area contributed by atoms with Gasteiger partial charge in [0.2, 0.25) is 15.7 Å². The normalized spacial score (nSPS) is 11.8. The first-order valence-electron chi connectivity index (χ1n) is 9.46. The number of carboxylic acids is 1. The molecule has 0 aliphatic heterocycles. The van der Waals surface area contributed by atoms with Crippen molar-refractivity contribution in [2.24, 2.45) is 0 Å². The number of nitrogen functional groups attached to an aromatic ring is 1. The van der Waals surface area contributed by atoms with Crippen molar-refractivity contribution in [2.45, 2.75) is 36.9 Å². The van der Waals surface area contributed by atoms with Crippen LogP contribution in [0.15, 0.2) is 64.9 Å². The van der Waals surface area contributed by atoms with Gasteiger partial charge in [-0.1, -0.05) is 24.3 Å².